The zero-order valence-corrected chi connectivity index (χ0v) is 22.2. The van der Waals surface area contributed by atoms with Gasteiger partial charge in [0, 0.05) is 35.9 Å². The molecule has 0 saturated heterocycles. The molecule has 2 heterocycles. The summed E-state index contributed by atoms with van der Waals surface area (Å²) < 4.78 is 7.15. The predicted octanol–water partition coefficient (Wildman–Crippen LogP) is 5.56. The normalized spacial score (nSPS) is 10.8. The molecule has 11 heteroatoms. The van der Waals surface area contributed by atoms with Crippen molar-refractivity contribution in [1.29, 1.82) is 0 Å². The molecule has 3 aromatic rings. The number of benzene rings is 1. The molecular formula is C28H28ClN5O5. The molecule has 0 radical (unpaired) electrons. The molecule has 0 fully saturated rings. The van der Waals surface area contributed by atoms with Gasteiger partial charge in [-0.1, -0.05) is 30.7 Å². The van der Waals surface area contributed by atoms with E-state index >= 15 is 0 Å². The van der Waals surface area contributed by atoms with E-state index in [2.05, 4.69) is 33.4 Å². The third kappa shape index (κ3) is 9.18. The smallest absolute Gasteiger partial charge is 0.354 e. The number of aromatic carboxylic acids is 1. The van der Waals surface area contributed by atoms with Gasteiger partial charge in [0.2, 0.25) is 11.9 Å². The summed E-state index contributed by atoms with van der Waals surface area (Å²) in [5.41, 5.74) is 0.208. The lowest BCUT2D eigenvalue weighted by Crippen LogP contribution is -2.28. The van der Waals surface area contributed by atoms with Gasteiger partial charge < -0.3 is 20.5 Å². The lowest BCUT2D eigenvalue weighted by Gasteiger charge is -2.15. The number of nitrogens with one attached hydrogen (secondary N) is 2. The molecule has 0 aliphatic carbocycles. The molecular weight excluding hydrogens is 522 g/mol. The molecule has 2 aromatic heterocycles. The van der Waals surface area contributed by atoms with Crippen LogP contribution in [0.1, 0.15) is 37.2 Å². The van der Waals surface area contributed by atoms with Crippen molar-refractivity contribution in [3.8, 4) is 24.3 Å². The first-order valence-corrected chi connectivity index (χ1v) is 12.1. The molecule has 0 spiro atoms. The van der Waals surface area contributed by atoms with Gasteiger partial charge in [-0.05, 0) is 49.8 Å². The third-order valence-corrected chi connectivity index (χ3v) is 5.36. The number of ether oxygens (including phenoxy) is 1. The first-order chi connectivity index (χ1) is 18.8. The molecule has 3 rings (SSSR count). The molecule has 0 atom stereocenters. The van der Waals surface area contributed by atoms with E-state index in [1.165, 1.54) is 23.0 Å². The van der Waals surface area contributed by atoms with E-state index in [0.717, 1.165) is 0 Å². The Labute approximate surface area is 231 Å². The number of hydrogen-bond acceptors (Lipinski definition) is 7. The van der Waals surface area contributed by atoms with Crippen molar-refractivity contribution >= 4 is 40.8 Å². The van der Waals surface area contributed by atoms with Crippen LogP contribution in [0.4, 0.5) is 17.3 Å². The van der Waals surface area contributed by atoms with Crippen molar-refractivity contribution < 1.29 is 19.4 Å². The van der Waals surface area contributed by atoms with Crippen LogP contribution in [0.2, 0.25) is 0 Å². The molecule has 0 saturated carbocycles. The minimum atomic E-state index is -1.15. The van der Waals surface area contributed by atoms with Crippen LogP contribution in [0, 0.1) is 12.8 Å². The zero-order valence-electron chi connectivity index (χ0n) is 21.4. The van der Waals surface area contributed by atoms with E-state index in [1.54, 1.807) is 49.4 Å². The summed E-state index contributed by atoms with van der Waals surface area (Å²) in [4.78, 5) is 44.1. The Kier molecular flexibility index (Phi) is 12.0. The molecule has 0 aliphatic heterocycles. The summed E-state index contributed by atoms with van der Waals surface area (Å²) in [6.45, 7) is 3.81. The van der Waals surface area contributed by atoms with Gasteiger partial charge in [0.1, 0.15) is 17.2 Å². The Morgan fingerprint density at radius 3 is 2.51 bits per heavy atom. The van der Waals surface area contributed by atoms with Gasteiger partial charge in [0.25, 0.3) is 5.56 Å². The number of allylic oxidation sites excluding steroid dienone is 4. The van der Waals surface area contributed by atoms with Gasteiger partial charge in [-0.25, -0.2) is 14.8 Å². The number of nitrogens with zero attached hydrogens (tertiary/aromatic N) is 3. The van der Waals surface area contributed by atoms with Crippen LogP contribution < -0.4 is 20.9 Å². The summed E-state index contributed by atoms with van der Waals surface area (Å²) in [6, 6.07) is 9.70. The highest BCUT2D eigenvalue weighted by atomic mass is 35.5. The van der Waals surface area contributed by atoms with Gasteiger partial charge >= 0.3 is 5.97 Å². The average molecular weight is 550 g/mol. The predicted molar refractivity (Wildman–Crippen MR) is 152 cm³/mol. The highest BCUT2D eigenvalue weighted by Gasteiger charge is 2.13. The van der Waals surface area contributed by atoms with E-state index in [9.17, 15) is 14.4 Å². The van der Waals surface area contributed by atoms with Crippen molar-refractivity contribution in [1.82, 2.24) is 14.5 Å². The number of hydrogen-bond donors (Lipinski definition) is 3. The molecule has 0 unspecified atom stereocenters. The van der Waals surface area contributed by atoms with Gasteiger partial charge in [-0.15, -0.1) is 12.8 Å². The fourth-order valence-corrected chi connectivity index (χ4v) is 3.17. The lowest BCUT2D eigenvalue weighted by atomic mass is 10.3. The number of terminal acetylenes is 1. The summed E-state index contributed by atoms with van der Waals surface area (Å²) in [7, 11) is 0. The second kappa shape index (κ2) is 15.4. The largest absolute Gasteiger partial charge is 0.477 e. The van der Waals surface area contributed by atoms with Crippen LogP contribution in [-0.4, -0.2) is 31.5 Å². The van der Waals surface area contributed by atoms with Crippen molar-refractivity contribution in [2.24, 2.45) is 0 Å². The summed E-state index contributed by atoms with van der Waals surface area (Å²) in [5, 5.41) is 15.4. The van der Waals surface area contributed by atoms with Crippen LogP contribution in [0.15, 0.2) is 76.8 Å². The number of aromatic nitrogens is 3. The van der Waals surface area contributed by atoms with E-state index in [4.69, 9.17) is 21.4 Å². The molecule has 10 nitrogen and oxygen atoms in total. The molecule has 0 bridgehead atoms. The molecule has 3 N–H and O–H groups in total. The van der Waals surface area contributed by atoms with Gasteiger partial charge in [0.15, 0.2) is 5.69 Å². The van der Waals surface area contributed by atoms with E-state index in [1.807, 2.05) is 13.0 Å². The van der Waals surface area contributed by atoms with Crippen LogP contribution >= 0.6 is 11.6 Å². The molecule has 202 valence electrons. The Balaban J connectivity index is 0.00000260. The van der Waals surface area contributed by atoms with Crippen molar-refractivity contribution in [2.75, 3.05) is 10.6 Å². The second-order valence-corrected chi connectivity index (χ2v) is 8.09. The standard InChI is InChI=1S/C26H26ClN5O5.C2H2/c1-3-17(27)7-5-6-14-32-24(34)22(31-23(33)4-2)16-29-26(32)30-18-8-10-19(11-9-18)37-20-12-13-28-21(15-20)25(35)36;1-2/h3,5,7-13,15-16H,4,6,14H2,1-2H3,(H,29,30)(H,31,33)(H,35,36);1-2H/b7-5-,17-3+;. The van der Waals surface area contributed by atoms with Gasteiger partial charge in [-0.3, -0.25) is 14.2 Å². The number of pyridine rings is 1. The Hall–Kier alpha value is -4.88. The SMILES string of the molecule is C#C.C/C=C(Cl)\C=C/CCn1c(Nc2ccc(Oc3ccnc(C(=O)O)c3)cc2)ncc(NC(=O)CC)c1=O. The maximum Gasteiger partial charge on any atom is 0.354 e. The highest BCUT2D eigenvalue weighted by Crippen LogP contribution is 2.24. The van der Waals surface area contributed by atoms with Gasteiger partial charge in [0.05, 0.1) is 6.20 Å². The summed E-state index contributed by atoms with van der Waals surface area (Å²) in [5.74, 6) is -0.337. The average Bonchev–Trinajstić information content (AvgIpc) is 2.95. The number of rotatable bonds is 11. The van der Waals surface area contributed by atoms with Crippen LogP contribution in [-0.2, 0) is 11.3 Å². The first-order valence-electron chi connectivity index (χ1n) is 11.8. The Morgan fingerprint density at radius 1 is 1.15 bits per heavy atom. The lowest BCUT2D eigenvalue weighted by molar-refractivity contribution is -0.115. The van der Waals surface area contributed by atoms with Crippen LogP contribution in [0.5, 0.6) is 11.5 Å². The first kappa shape index (κ1) is 30.3. The maximum atomic E-state index is 13.1. The monoisotopic (exact) mass is 549 g/mol. The molecule has 39 heavy (non-hydrogen) atoms. The Morgan fingerprint density at radius 2 is 1.87 bits per heavy atom. The fourth-order valence-electron chi connectivity index (χ4n) is 3.08. The van der Waals surface area contributed by atoms with Crippen molar-refractivity contribution in [2.45, 2.75) is 33.2 Å². The topological polar surface area (TPSA) is 135 Å². The van der Waals surface area contributed by atoms with Crippen LogP contribution in [0.25, 0.3) is 0 Å². The third-order valence-electron chi connectivity index (χ3n) is 5.01. The number of carbonyl (C=O) groups is 2. The number of carbonyl (C=O) groups excluding carboxylic acids is 1. The van der Waals surface area contributed by atoms with E-state index < -0.39 is 11.5 Å². The maximum absolute atomic E-state index is 13.1. The quantitative estimate of drug-likeness (QED) is 0.209. The number of anilines is 3. The number of amides is 1. The molecule has 0 aliphatic rings. The second-order valence-electron chi connectivity index (χ2n) is 7.65. The number of carboxylic acids is 1. The summed E-state index contributed by atoms with van der Waals surface area (Å²) >= 11 is 5.99. The van der Waals surface area contributed by atoms with Crippen LogP contribution in [0.3, 0.4) is 0 Å². The highest BCUT2D eigenvalue weighted by molar-refractivity contribution is 6.31. The number of halogens is 1. The molecule has 1 aromatic carbocycles. The van der Waals surface area contributed by atoms with Crippen molar-refractivity contribution in [3.05, 3.63) is 88.1 Å². The number of carboxylic acid groups (broad SMARTS) is 1. The Bertz CT molecular complexity index is 1430. The van der Waals surface area contributed by atoms with E-state index in [0.29, 0.717) is 41.1 Å². The van der Waals surface area contributed by atoms with Gasteiger partial charge in [-0.2, -0.15) is 0 Å². The fraction of sp³-hybridized carbons (Fsp3) is 0.179. The minimum Gasteiger partial charge on any atom is -0.477 e. The van der Waals surface area contributed by atoms with Crippen molar-refractivity contribution in [3.63, 3.8) is 0 Å². The molecule has 1 amide bonds. The zero-order chi connectivity index (χ0) is 28.8. The minimum absolute atomic E-state index is 0.0923. The summed E-state index contributed by atoms with van der Waals surface area (Å²) in [6.07, 6.45) is 16.8. The van der Waals surface area contributed by atoms with E-state index in [-0.39, 0.29) is 23.7 Å².